The van der Waals surface area contributed by atoms with Gasteiger partial charge in [0, 0.05) is 5.92 Å². The van der Waals surface area contributed by atoms with E-state index >= 15 is 0 Å². The number of hydrogen-bond acceptors (Lipinski definition) is 3. The average Bonchev–Trinajstić information content (AvgIpc) is 2.04. The largest absolute Gasteiger partial charge is 0.303 e. The Bertz CT molecular complexity index is 141. The maximum Gasteiger partial charge on any atom is 0.125 e. The fraction of sp³-hybridized carbons (Fsp3) is 0.875. The van der Waals surface area contributed by atoms with Gasteiger partial charge in [-0.3, -0.25) is 0 Å². The van der Waals surface area contributed by atoms with Gasteiger partial charge in [0.15, 0.2) is 0 Å². The smallest absolute Gasteiger partial charge is 0.125 e. The van der Waals surface area contributed by atoms with E-state index in [0.717, 1.165) is 6.29 Å². The lowest BCUT2D eigenvalue weighted by Crippen LogP contribution is -2.29. The lowest BCUT2D eigenvalue weighted by molar-refractivity contribution is -0.110. The molecule has 1 aliphatic rings. The molecule has 1 rings (SSSR count). The minimum absolute atomic E-state index is 0.153. The molecule has 1 nitrogen and oxygen atoms in total. The summed E-state index contributed by atoms with van der Waals surface area (Å²) in [7, 11) is 0. The summed E-state index contributed by atoms with van der Waals surface area (Å²) in [5.41, 5.74) is 0. The van der Waals surface area contributed by atoms with E-state index in [1.807, 2.05) is 30.4 Å². The van der Waals surface area contributed by atoms with E-state index in [0.29, 0.717) is 0 Å². The summed E-state index contributed by atoms with van der Waals surface area (Å²) in [6, 6.07) is 0. The summed E-state index contributed by atoms with van der Waals surface area (Å²) < 4.78 is 0.153. The fourth-order valence-corrected chi connectivity index (χ4v) is 4.08. The fourth-order valence-electron chi connectivity index (χ4n) is 1.04. The summed E-state index contributed by atoms with van der Waals surface area (Å²) in [6.07, 6.45) is 2.36. The standard InChI is InChI=1S/C8H14OS2/c1-7(6-9)8(2)10-4-3-5-11-8/h6-7H,3-5H2,1-2H3. The van der Waals surface area contributed by atoms with Crippen molar-refractivity contribution in [1.29, 1.82) is 0 Å². The van der Waals surface area contributed by atoms with Crippen molar-refractivity contribution in [1.82, 2.24) is 0 Å². The zero-order valence-corrected chi connectivity index (χ0v) is 8.63. The number of rotatable bonds is 2. The van der Waals surface area contributed by atoms with Gasteiger partial charge in [-0.05, 0) is 24.9 Å². The van der Waals surface area contributed by atoms with Crippen molar-refractivity contribution in [2.24, 2.45) is 5.92 Å². The minimum Gasteiger partial charge on any atom is -0.303 e. The average molecular weight is 190 g/mol. The molecule has 1 aliphatic heterocycles. The minimum atomic E-state index is 0.153. The summed E-state index contributed by atoms with van der Waals surface area (Å²) in [5.74, 6) is 2.60. The van der Waals surface area contributed by atoms with E-state index < -0.39 is 0 Å². The first-order valence-corrected chi connectivity index (χ1v) is 5.89. The molecule has 11 heavy (non-hydrogen) atoms. The normalized spacial score (nSPS) is 26.0. The highest BCUT2D eigenvalue weighted by molar-refractivity contribution is 8.18. The van der Waals surface area contributed by atoms with E-state index in [2.05, 4.69) is 6.92 Å². The molecule has 3 heteroatoms. The predicted molar refractivity (Wildman–Crippen MR) is 53.2 cm³/mol. The summed E-state index contributed by atoms with van der Waals surface area (Å²) in [4.78, 5) is 10.6. The summed E-state index contributed by atoms with van der Waals surface area (Å²) in [6.45, 7) is 4.19. The predicted octanol–water partition coefficient (Wildman–Crippen LogP) is 2.41. The lowest BCUT2D eigenvalue weighted by Gasteiger charge is -2.34. The highest BCUT2D eigenvalue weighted by Crippen LogP contribution is 2.46. The molecule has 0 bridgehead atoms. The van der Waals surface area contributed by atoms with E-state index in [9.17, 15) is 4.79 Å². The van der Waals surface area contributed by atoms with Gasteiger partial charge in [0.05, 0.1) is 4.08 Å². The van der Waals surface area contributed by atoms with Gasteiger partial charge < -0.3 is 4.79 Å². The Labute approximate surface area is 76.7 Å². The molecule has 1 unspecified atom stereocenters. The molecule has 1 heterocycles. The van der Waals surface area contributed by atoms with Gasteiger partial charge in [0.1, 0.15) is 6.29 Å². The zero-order valence-electron chi connectivity index (χ0n) is 7.00. The zero-order chi connectivity index (χ0) is 8.32. The van der Waals surface area contributed by atoms with Gasteiger partial charge in [0.2, 0.25) is 0 Å². The van der Waals surface area contributed by atoms with Crippen LogP contribution in [-0.2, 0) is 4.79 Å². The van der Waals surface area contributed by atoms with Crippen molar-refractivity contribution < 1.29 is 4.79 Å². The van der Waals surface area contributed by atoms with Gasteiger partial charge in [-0.15, -0.1) is 23.5 Å². The van der Waals surface area contributed by atoms with Crippen molar-refractivity contribution in [3.8, 4) is 0 Å². The third-order valence-electron chi connectivity index (χ3n) is 2.10. The Morgan fingerprint density at radius 2 is 2.00 bits per heavy atom. The number of hydrogen-bond donors (Lipinski definition) is 0. The van der Waals surface area contributed by atoms with Crippen LogP contribution in [0.1, 0.15) is 20.3 Å². The Hall–Kier alpha value is 0.370. The van der Waals surface area contributed by atoms with Gasteiger partial charge >= 0.3 is 0 Å². The van der Waals surface area contributed by atoms with E-state index in [1.54, 1.807) is 0 Å². The molecule has 1 atom stereocenters. The second kappa shape index (κ2) is 3.85. The molecule has 0 amide bonds. The van der Waals surface area contributed by atoms with Crippen LogP contribution >= 0.6 is 23.5 Å². The quantitative estimate of drug-likeness (QED) is 0.622. The SMILES string of the molecule is CC(C=O)C1(C)SCCCS1. The first-order valence-electron chi connectivity index (χ1n) is 3.92. The first-order chi connectivity index (χ1) is 5.19. The Morgan fingerprint density at radius 1 is 1.45 bits per heavy atom. The van der Waals surface area contributed by atoms with Crippen molar-refractivity contribution in [2.45, 2.75) is 24.3 Å². The third-order valence-corrected chi connectivity index (χ3v) is 5.68. The van der Waals surface area contributed by atoms with Gasteiger partial charge in [-0.1, -0.05) is 6.92 Å². The molecule has 64 valence electrons. The monoisotopic (exact) mass is 190 g/mol. The van der Waals surface area contributed by atoms with Crippen LogP contribution in [-0.4, -0.2) is 21.9 Å². The molecule has 1 fully saturated rings. The van der Waals surface area contributed by atoms with Gasteiger partial charge in [0.25, 0.3) is 0 Å². The molecule has 1 saturated heterocycles. The second-order valence-electron chi connectivity index (χ2n) is 2.99. The maximum absolute atomic E-state index is 10.6. The molecule has 0 N–H and O–H groups in total. The highest BCUT2D eigenvalue weighted by Gasteiger charge is 2.33. The first kappa shape index (κ1) is 9.46. The van der Waals surface area contributed by atoms with Crippen LogP contribution in [0.4, 0.5) is 0 Å². The van der Waals surface area contributed by atoms with Crippen LogP contribution in [0.3, 0.4) is 0 Å². The van der Waals surface area contributed by atoms with Crippen LogP contribution in [0.15, 0.2) is 0 Å². The second-order valence-corrected chi connectivity index (χ2v) is 6.34. The van der Waals surface area contributed by atoms with Crippen LogP contribution in [0.2, 0.25) is 0 Å². The highest BCUT2D eigenvalue weighted by atomic mass is 32.2. The molecule has 0 spiro atoms. The van der Waals surface area contributed by atoms with E-state index in [-0.39, 0.29) is 10.00 Å². The molecule has 0 saturated carbocycles. The summed E-state index contributed by atoms with van der Waals surface area (Å²) in [5, 5.41) is 0. The van der Waals surface area contributed by atoms with Crippen LogP contribution in [0.25, 0.3) is 0 Å². The molecular weight excluding hydrogens is 176 g/mol. The van der Waals surface area contributed by atoms with E-state index in [1.165, 1.54) is 17.9 Å². The third kappa shape index (κ3) is 2.15. The number of aldehydes is 1. The molecule has 0 aliphatic carbocycles. The Morgan fingerprint density at radius 3 is 2.45 bits per heavy atom. The molecular formula is C8H14OS2. The summed E-state index contributed by atoms with van der Waals surface area (Å²) >= 11 is 3.86. The van der Waals surface area contributed by atoms with Gasteiger partial charge in [-0.25, -0.2) is 0 Å². The maximum atomic E-state index is 10.6. The van der Waals surface area contributed by atoms with E-state index in [4.69, 9.17) is 0 Å². The number of carbonyl (C=O) groups excluding carboxylic acids is 1. The van der Waals surface area contributed by atoms with Gasteiger partial charge in [-0.2, -0.15) is 0 Å². The van der Waals surface area contributed by atoms with Crippen molar-refractivity contribution in [2.75, 3.05) is 11.5 Å². The number of carbonyl (C=O) groups is 1. The Kier molecular flexibility index (Phi) is 3.31. The molecule has 0 aromatic heterocycles. The number of thioether (sulfide) groups is 2. The lowest BCUT2D eigenvalue weighted by atomic mass is 10.1. The van der Waals surface area contributed by atoms with Crippen LogP contribution in [0.5, 0.6) is 0 Å². The van der Waals surface area contributed by atoms with Crippen molar-refractivity contribution in [3.63, 3.8) is 0 Å². The Balaban J connectivity index is 2.55. The van der Waals surface area contributed by atoms with Crippen LogP contribution in [0, 0.1) is 5.92 Å². The molecule has 0 radical (unpaired) electrons. The molecule has 0 aromatic rings. The van der Waals surface area contributed by atoms with Crippen LogP contribution < -0.4 is 0 Å². The topological polar surface area (TPSA) is 17.1 Å². The molecule has 0 aromatic carbocycles. The van der Waals surface area contributed by atoms with Crippen molar-refractivity contribution in [3.05, 3.63) is 0 Å². The van der Waals surface area contributed by atoms with Crippen molar-refractivity contribution >= 4 is 29.8 Å².